The van der Waals surface area contributed by atoms with Crippen LogP contribution < -0.4 is 10.2 Å². The van der Waals surface area contributed by atoms with Gasteiger partial charge in [-0.25, -0.2) is 4.39 Å². The second-order valence-electron chi connectivity index (χ2n) is 5.60. The summed E-state index contributed by atoms with van der Waals surface area (Å²) in [5.74, 6) is 0.625. The summed E-state index contributed by atoms with van der Waals surface area (Å²) in [5.41, 5.74) is 1.74. The summed E-state index contributed by atoms with van der Waals surface area (Å²) in [7, 11) is 3.73. The lowest BCUT2D eigenvalue weighted by Crippen LogP contribution is -2.32. The molecule has 20 heavy (non-hydrogen) atoms. The topological polar surface area (TPSA) is 24.5 Å². The van der Waals surface area contributed by atoms with Crippen molar-refractivity contribution in [2.45, 2.75) is 32.4 Å². The van der Waals surface area contributed by atoms with Crippen LogP contribution in [0, 0.1) is 11.7 Å². The van der Waals surface area contributed by atoms with Crippen molar-refractivity contribution in [3.05, 3.63) is 29.6 Å². The van der Waals surface area contributed by atoms with Crippen LogP contribution in [0.4, 0.5) is 10.1 Å². The molecule has 0 heterocycles. The lowest BCUT2D eigenvalue weighted by molar-refractivity contribution is 0.199. The highest BCUT2D eigenvalue weighted by molar-refractivity contribution is 5.54. The molecule has 4 heteroatoms. The standard InChI is InChI=1S/C16H25FN2O/c1-12(13-7-8-13)19(2)16-6-4-5-15(17)14(16)11-18-9-10-20-3/h4-6,12-13,18H,7-11H2,1-3H3. The maximum Gasteiger partial charge on any atom is 0.129 e. The van der Waals surface area contributed by atoms with E-state index in [4.69, 9.17) is 4.74 Å². The number of benzene rings is 1. The van der Waals surface area contributed by atoms with Gasteiger partial charge in [-0.3, -0.25) is 0 Å². The monoisotopic (exact) mass is 280 g/mol. The molecule has 1 aliphatic rings. The summed E-state index contributed by atoms with van der Waals surface area (Å²) < 4.78 is 19.1. The predicted octanol–water partition coefficient (Wildman–Crippen LogP) is 2.80. The molecular formula is C16H25FN2O. The number of hydrogen-bond acceptors (Lipinski definition) is 3. The highest BCUT2D eigenvalue weighted by atomic mass is 19.1. The molecule has 1 aromatic carbocycles. The normalized spacial score (nSPS) is 16.2. The van der Waals surface area contributed by atoms with Gasteiger partial charge in [-0.15, -0.1) is 0 Å². The van der Waals surface area contributed by atoms with E-state index >= 15 is 0 Å². The van der Waals surface area contributed by atoms with Gasteiger partial charge in [0, 0.05) is 44.5 Å². The molecule has 1 aliphatic carbocycles. The Bertz CT molecular complexity index is 434. The molecule has 1 aromatic rings. The van der Waals surface area contributed by atoms with Crippen molar-refractivity contribution in [1.82, 2.24) is 5.32 Å². The van der Waals surface area contributed by atoms with Crippen molar-refractivity contribution in [2.75, 3.05) is 32.2 Å². The van der Waals surface area contributed by atoms with Crippen molar-refractivity contribution < 1.29 is 9.13 Å². The van der Waals surface area contributed by atoms with Gasteiger partial charge in [0.2, 0.25) is 0 Å². The third kappa shape index (κ3) is 3.70. The highest BCUT2D eigenvalue weighted by Gasteiger charge is 2.31. The molecule has 112 valence electrons. The molecule has 1 unspecified atom stereocenters. The zero-order valence-corrected chi connectivity index (χ0v) is 12.7. The first-order valence-corrected chi connectivity index (χ1v) is 7.35. The SMILES string of the molecule is COCCNCc1c(F)cccc1N(C)C(C)C1CC1. The number of rotatable bonds is 8. The molecule has 3 nitrogen and oxygen atoms in total. The van der Waals surface area contributed by atoms with Crippen molar-refractivity contribution in [2.24, 2.45) is 5.92 Å². The Balaban J connectivity index is 2.08. The fourth-order valence-corrected chi connectivity index (χ4v) is 2.55. The fraction of sp³-hybridized carbons (Fsp3) is 0.625. The van der Waals surface area contributed by atoms with Crippen molar-refractivity contribution in [3.63, 3.8) is 0 Å². The largest absolute Gasteiger partial charge is 0.383 e. The van der Waals surface area contributed by atoms with Gasteiger partial charge in [0.1, 0.15) is 5.82 Å². The van der Waals surface area contributed by atoms with E-state index in [1.165, 1.54) is 18.9 Å². The van der Waals surface area contributed by atoms with Gasteiger partial charge in [-0.1, -0.05) is 6.07 Å². The first-order chi connectivity index (χ1) is 9.65. The van der Waals surface area contributed by atoms with Crippen molar-refractivity contribution in [3.8, 4) is 0 Å². The van der Waals surface area contributed by atoms with Gasteiger partial charge < -0.3 is 15.0 Å². The summed E-state index contributed by atoms with van der Waals surface area (Å²) in [6.07, 6.45) is 2.59. The number of ether oxygens (including phenoxy) is 1. The maximum absolute atomic E-state index is 14.1. The molecule has 1 saturated carbocycles. The lowest BCUT2D eigenvalue weighted by Gasteiger charge is -2.29. The van der Waals surface area contributed by atoms with Gasteiger partial charge >= 0.3 is 0 Å². The Kier molecular flexibility index (Phi) is 5.38. The zero-order chi connectivity index (χ0) is 14.5. The summed E-state index contributed by atoms with van der Waals surface area (Å²) >= 11 is 0. The number of hydrogen-bond donors (Lipinski definition) is 1. The second-order valence-corrected chi connectivity index (χ2v) is 5.60. The molecule has 0 aliphatic heterocycles. The molecule has 0 amide bonds. The minimum Gasteiger partial charge on any atom is -0.383 e. The van der Waals surface area contributed by atoms with Gasteiger partial charge in [0.05, 0.1) is 6.61 Å². The molecule has 0 radical (unpaired) electrons. The molecule has 1 atom stereocenters. The number of nitrogens with one attached hydrogen (secondary N) is 1. The minimum absolute atomic E-state index is 0.137. The Hall–Kier alpha value is -1.13. The Morgan fingerprint density at radius 1 is 1.45 bits per heavy atom. The molecule has 0 bridgehead atoms. The van der Waals surface area contributed by atoms with Crippen LogP contribution in [0.1, 0.15) is 25.3 Å². The summed E-state index contributed by atoms with van der Waals surface area (Å²) in [4.78, 5) is 2.22. The van der Waals surface area contributed by atoms with E-state index in [1.807, 2.05) is 6.07 Å². The molecule has 0 saturated heterocycles. The Morgan fingerprint density at radius 2 is 2.20 bits per heavy atom. The third-order valence-electron chi connectivity index (χ3n) is 4.17. The van der Waals surface area contributed by atoms with Crippen LogP contribution in [0.5, 0.6) is 0 Å². The summed E-state index contributed by atoms with van der Waals surface area (Å²) in [5, 5.41) is 3.23. The Labute approximate surface area is 121 Å². The van der Waals surface area contributed by atoms with Crippen LogP contribution in [0.2, 0.25) is 0 Å². The van der Waals surface area contributed by atoms with Gasteiger partial charge in [-0.05, 0) is 37.8 Å². The summed E-state index contributed by atoms with van der Waals surface area (Å²) in [6, 6.07) is 5.80. The van der Waals surface area contributed by atoms with Gasteiger partial charge in [0.25, 0.3) is 0 Å². The van der Waals surface area contributed by atoms with E-state index in [-0.39, 0.29) is 5.82 Å². The predicted molar refractivity (Wildman–Crippen MR) is 80.6 cm³/mol. The Morgan fingerprint density at radius 3 is 2.85 bits per heavy atom. The van der Waals surface area contributed by atoms with Gasteiger partial charge in [0.15, 0.2) is 0 Å². The molecule has 1 N–H and O–H groups in total. The van der Waals surface area contributed by atoms with Crippen molar-refractivity contribution in [1.29, 1.82) is 0 Å². The quantitative estimate of drug-likeness (QED) is 0.741. The van der Waals surface area contributed by atoms with Crippen LogP contribution in [-0.2, 0) is 11.3 Å². The van der Waals surface area contributed by atoms with E-state index in [2.05, 4.69) is 24.2 Å². The molecule has 2 rings (SSSR count). The average molecular weight is 280 g/mol. The molecule has 1 fully saturated rings. The molecule has 0 spiro atoms. The third-order valence-corrected chi connectivity index (χ3v) is 4.17. The van der Waals surface area contributed by atoms with E-state index in [0.717, 1.165) is 23.7 Å². The highest BCUT2D eigenvalue weighted by Crippen LogP contribution is 2.37. The number of nitrogens with zero attached hydrogens (tertiary/aromatic N) is 1. The van der Waals surface area contributed by atoms with E-state index in [1.54, 1.807) is 13.2 Å². The van der Waals surface area contributed by atoms with E-state index < -0.39 is 0 Å². The van der Waals surface area contributed by atoms with Crippen LogP contribution in [-0.4, -0.2) is 33.4 Å². The van der Waals surface area contributed by atoms with Crippen LogP contribution in [0.3, 0.4) is 0 Å². The van der Waals surface area contributed by atoms with Crippen LogP contribution in [0.15, 0.2) is 18.2 Å². The van der Waals surface area contributed by atoms with Crippen LogP contribution >= 0.6 is 0 Å². The van der Waals surface area contributed by atoms with Crippen LogP contribution in [0.25, 0.3) is 0 Å². The second kappa shape index (κ2) is 7.04. The zero-order valence-electron chi connectivity index (χ0n) is 12.7. The average Bonchev–Trinajstić information content (AvgIpc) is 3.28. The first-order valence-electron chi connectivity index (χ1n) is 7.35. The van der Waals surface area contributed by atoms with Gasteiger partial charge in [-0.2, -0.15) is 0 Å². The maximum atomic E-state index is 14.1. The molecular weight excluding hydrogens is 255 g/mol. The van der Waals surface area contributed by atoms with Crippen molar-refractivity contribution >= 4 is 5.69 Å². The first kappa shape index (κ1) is 15.3. The summed E-state index contributed by atoms with van der Waals surface area (Å²) in [6.45, 7) is 4.13. The smallest absolute Gasteiger partial charge is 0.129 e. The number of anilines is 1. The number of halogens is 1. The minimum atomic E-state index is -0.137. The van der Waals surface area contributed by atoms with E-state index in [0.29, 0.717) is 19.2 Å². The lowest BCUT2D eigenvalue weighted by atomic mass is 10.1. The molecule has 0 aromatic heterocycles. The fourth-order valence-electron chi connectivity index (χ4n) is 2.55. The van der Waals surface area contributed by atoms with E-state index in [9.17, 15) is 4.39 Å². The number of methoxy groups -OCH3 is 1.